The second kappa shape index (κ2) is 5.70. The number of rotatable bonds is 4. The van der Waals surface area contributed by atoms with Gasteiger partial charge in [0, 0.05) is 11.6 Å². The fourth-order valence-electron chi connectivity index (χ4n) is 2.25. The molecule has 1 aromatic rings. The first-order valence-corrected chi connectivity index (χ1v) is 9.02. The minimum absolute atomic E-state index is 0.0889. The largest absolute Gasteiger partial charge is 0.524 e. The number of nitrogens with two attached hydrogens (primary N) is 1. The van der Waals surface area contributed by atoms with Crippen LogP contribution in [0.5, 0.6) is 11.5 Å². The van der Waals surface area contributed by atoms with Gasteiger partial charge < -0.3 is 14.8 Å². The highest BCUT2D eigenvalue weighted by Crippen LogP contribution is 2.50. The van der Waals surface area contributed by atoms with Gasteiger partial charge in [0.15, 0.2) is 11.5 Å². The van der Waals surface area contributed by atoms with Crippen molar-refractivity contribution in [3.63, 3.8) is 0 Å². The van der Waals surface area contributed by atoms with Gasteiger partial charge in [0.1, 0.15) is 0 Å². The Morgan fingerprint density at radius 3 is 2.29 bits per heavy atom. The topological polar surface area (TPSA) is 160 Å². The zero-order valence-corrected chi connectivity index (χ0v) is 12.5. The lowest BCUT2D eigenvalue weighted by Gasteiger charge is -2.25. The van der Waals surface area contributed by atoms with E-state index in [2.05, 4.69) is 9.05 Å². The standard InChI is InChI=1S/C10H15NO8P2/c11-7-2-3-8-6(5-7)1-4-9(18-20(12,13)14)10(8)19-21(15,16)17/h1,4,7H,2-3,5,11H2,(H2,12,13,14)(H2,15,16,17)/t7-/m0/s1. The number of phosphoric acid groups is 2. The van der Waals surface area contributed by atoms with E-state index in [1.54, 1.807) is 6.07 Å². The van der Waals surface area contributed by atoms with Crippen LogP contribution in [0.25, 0.3) is 0 Å². The quantitative estimate of drug-likeness (QED) is 0.490. The summed E-state index contributed by atoms with van der Waals surface area (Å²) in [5, 5.41) is 0. The predicted octanol–water partition coefficient (Wildman–Crippen LogP) is 0.446. The summed E-state index contributed by atoms with van der Waals surface area (Å²) in [4.78, 5) is 35.6. The van der Waals surface area contributed by atoms with E-state index in [9.17, 15) is 9.13 Å². The van der Waals surface area contributed by atoms with Crippen LogP contribution in [0.2, 0.25) is 0 Å². The first-order valence-electron chi connectivity index (χ1n) is 5.96. The minimum atomic E-state index is -4.91. The van der Waals surface area contributed by atoms with Crippen molar-refractivity contribution in [3.8, 4) is 11.5 Å². The molecule has 2 rings (SSSR count). The molecule has 0 heterocycles. The Labute approximate surface area is 120 Å². The average Bonchev–Trinajstić information content (AvgIpc) is 2.28. The van der Waals surface area contributed by atoms with Gasteiger partial charge in [-0.25, -0.2) is 9.13 Å². The Balaban J connectivity index is 2.51. The Morgan fingerprint density at radius 1 is 1.10 bits per heavy atom. The maximum absolute atomic E-state index is 11.1. The van der Waals surface area contributed by atoms with Gasteiger partial charge in [-0.1, -0.05) is 6.07 Å². The lowest BCUT2D eigenvalue weighted by atomic mass is 9.88. The van der Waals surface area contributed by atoms with E-state index in [-0.39, 0.29) is 11.8 Å². The Kier molecular flexibility index (Phi) is 4.46. The monoisotopic (exact) mass is 339 g/mol. The number of hydrogen-bond donors (Lipinski definition) is 5. The van der Waals surface area contributed by atoms with Gasteiger partial charge in [0.05, 0.1) is 0 Å². The van der Waals surface area contributed by atoms with Crippen LogP contribution in [0.1, 0.15) is 17.5 Å². The molecule has 1 atom stereocenters. The van der Waals surface area contributed by atoms with E-state index in [1.165, 1.54) is 6.07 Å². The predicted molar refractivity (Wildman–Crippen MR) is 71.8 cm³/mol. The highest BCUT2D eigenvalue weighted by Gasteiger charge is 2.29. The lowest BCUT2D eigenvalue weighted by Crippen LogP contribution is -2.28. The van der Waals surface area contributed by atoms with Crippen molar-refractivity contribution in [2.45, 2.75) is 25.3 Å². The molecule has 0 saturated heterocycles. The normalized spacial score (nSPS) is 19.0. The van der Waals surface area contributed by atoms with Crippen LogP contribution < -0.4 is 14.8 Å². The van der Waals surface area contributed by atoms with Crippen molar-refractivity contribution < 1.29 is 37.8 Å². The van der Waals surface area contributed by atoms with Gasteiger partial charge in [-0.15, -0.1) is 0 Å². The van der Waals surface area contributed by atoms with Crippen LogP contribution in [0, 0.1) is 0 Å². The SMILES string of the molecule is N[C@H]1CCc2c(ccc(OP(=O)(O)O)c2OP(=O)(O)O)C1. The first-order chi connectivity index (χ1) is 9.55. The number of fused-ring (bicyclic) bond motifs is 1. The van der Waals surface area contributed by atoms with E-state index in [1.807, 2.05) is 0 Å². The van der Waals surface area contributed by atoms with Crippen LogP contribution in [0.4, 0.5) is 0 Å². The van der Waals surface area contributed by atoms with Crippen molar-refractivity contribution in [2.24, 2.45) is 5.73 Å². The van der Waals surface area contributed by atoms with E-state index in [4.69, 9.17) is 25.3 Å². The van der Waals surface area contributed by atoms with Crippen molar-refractivity contribution in [1.29, 1.82) is 0 Å². The molecule has 9 nitrogen and oxygen atoms in total. The maximum atomic E-state index is 11.1. The van der Waals surface area contributed by atoms with E-state index in [0.29, 0.717) is 30.4 Å². The number of phosphoric ester groups is 2. The van der Waals surface area contributed by atoms with E-state index >= 15 is 0 Å². The zero-order chi connectivity index (χ0) is 15.8. The molecule has 0 fully saturated rings. The molecule has 0 aromatic heterocycles. The first kappa shape index (κ1) is 16.5. The second-order valence-electron chi connectivity index (χ2n) is 4.70. The molecule has 0 aliphatic heterocycles. The molecular formula is C10H15NO8P2. The van der Waals surface area contributed by atoms with Crippen LogP contribution in [0.15, 0.2) is 12.1 Å². The minimum Gasteiger partial charge on any atom is -0.400 e. The molecule has 1 aromatic carbocycles. The van der Waals surface area contributed by atoms with Crippen LogP contribution in [-0.2, 0) is 22.0 Å². The molecule has 11 heteroatoms. The summed E-state index contributed by atoms with van der Waals surface area (Å²) in [5.41, 5.74) is 6.96. The number of hydrogen-bond acceptors (Lipinski definition) is 5. The molecule has 1 aliphatic carbocycles. The molecule has 0 bridgehead atoms. The van der Waals surface area contributed by atoms with Crippen molar-refractivity contribution in [3.05, 3.63) is 23.3 Å². The highest BCUT2D eigenvalue weighted by atomic mass is 31.2. The average molecular weight is 339 g/mol. The van der Waals surface area contributed by atoms with Gasteiger partial charge in [-0.3, -0.25) is 19.6 Å². The van der Waals surface area contributed by atoms with Crippen molar-refractivity contribution in [1.82, 2.24) is 0 Å². The zero-order valence-electron chi connectivity index (χ0n) is 10.7. The number of benzene rings is 1. The second-order valence-corrected chi connectivity index (χ2v) is 7.02. The van der Waals surface area contributed by atoms with Gasteiger partial charge in [-0.05, 0) is 30.9 Å². The third-order valence-electron chi connectivity index (χ3n) is 3.00. The molecule has 0 unspecified atom stereocenters. The van der Waals surface area contributed by atoms with Gasteiger partial charge in [0.2, 0.25) is 0 Å². The molecule has 6 N–H and O–H groups in total. The van der Waals surface area contributed by atoms with Gasteiger partial charge >= 0.3 is 15.6 Å². The third-order valence-corrected chi connectivity index (χ3v) is 3.85. The summed E-state index contributed by atoms with van der Waals surface area (Å²) in [6, 6.07) is 2.65. The summed E-state index contributed by atoms with van der Waals surface area (Å²) in [5.74, 6) is -0.767. The van der Waals surface area contributed by atoms with Crippen LogP contribution in [0.3, 0.4) is 0 Å². The summed E-state index contributed by atoms with van der Waals surface area (Å²) in [7, 11) is -9.79. The molecule has 0 saturated carbocycles. The van der Waals surface area contributed by atoms with Crippen molar-refractivity contribution >= 4 is 15.6 Å². The molecule has 0 spiro atoms. The van der Waals surface area contributed by atoms with E-state index in [0.717, 1.165) is 0 Å². The summed E-state index contributed by atoms with van der Waals surface area (Å²) in [6.45, 7) is 0. The van der Waals surface area contributed by atoms with Gasteiger partial charge in [0.25, 0.3) is 0 Å². The molecule has 1 aliphatic rings. The van der Waals surface area contributed by atoms with Crippen LogP contribution in [-0.4, -0.2) is 25.6 Å². The third kappa shape index (κ3) is 4.52. The molecule has 118 valence electrons. The molecular weight excluding hydrogens is 324 g/mol. The highest BCUT2D eigenvalue weighted by molar-refractivity contribution is 7.47. The molecule has 21 heavy (non-hydrogen) atoms. The Morgan fingerprint density at radius 2 is 1.71 bits per heavy atom. The summed E-state index contributed by atoms with van der Waals surface area (Å²) in [6.07, 6.45) is 1.40. The summed E-state index contributed by atoms with van der Waals surface area (Å²) < 4.78 is 31.0. The van der Waals surface area contributed by atoms with Crippen molar-refractivity contribution in [2.75, 3.05) is 0 Å². The Bertz CT molecular complexity index is 636. The fourth-order valence-corrected chi connectivity index (χ4v) is 3.08. The Hall–Kier alpha value is -0.920. The van der Waals surface area contributed by atoms with E-state index < -0.39 is 21.4 Å². The molecule has 0 amide bonds. The maximum Gasteiger partial charge on any atom is 0.524 e. The molecule has 0 radical (unpaired) electrons. The lowest BCUT2D eigenvalue weighted by molar-refractivity contribution is 0.262. The fraction of sp³-hybridized carbons (Fsp3) is 0.400. The smallest absolute Gasteiger partial charge is 0.400 e. The van der Waals surface area contributed by atoms with Crippen LogP contribution >= 0.6 is 15.6 Å². The van der Waals surface area contributed by atoms with Gasteiger partial charge in [-0.2, -0.15) is 0 Å². The summed E-state index contributed by atoms with van der Waals surface area (Å²) >= 11 is 0.